The second-order valence-electron chi connectivity index (χ2n) is 8.53. The monoisotopic (exact) mass is 456 g/mol. The Morgan fingerprint density at radius 1 is 1.27 bits per heavy atom. The molecule has 1 aromatic carbocycles. The summed E-state index contributed by atoms with van der Waals surface area (Å²) in [4.78, 5) is 18.3. The molecular formula is C23H33FN8O. The predicted octanol–water partition coefficient (Wildman–Crippen LogP) is 3.33. The van der Waals surface area contributed by atoms with E-state index in [2.05, 4.69) is 27.6 Å². The number of nitrogens with zero attached hydrogens (tertiary/aromatic N) is 4. The molecule has 2 heterocycles. The van der Waals surface area contributed by atoms with Gasteiger partial charge in [0.15, 0.2) is 17.5 Å². The molecule has 0 bridgehead atoms. The van der Waals surface area contributed by atoms with Crippen LogP contribution in [0.1, 0.15) is 43.5 Å². The number of aromatic nitrogens is 3. The molecule has 0 fully saturated rings. The fourth-order valence-electron chi connectivity index (χ4n) is 3.73. The SMILES string of the molecule is CCCC[C@@H](Nc1nc(Nc2ccc3c(c2)c(N(C)C)nn3C)c(C(N)=O)cc1F)[C@H](C)N. The third-order valence-corrected chi connectivity index (χ3v) is 5.58. The van der Waals surface area contributed by atoms with Crippen LogP contribution in [-0.4, -0.2) is 46.9 Å². The number of primary amides is 1. The molecule has 6 N–H and O–H groups in total. The minimum Gasteiger partial charge on any atom is -0.365 e. The summed E-state index contributed by atoms with van der Waals surface area (Å²) in [5.74, 6) is -0.440. The van der Waals surface area contributed by atoms with Gasteiger partial charge in [0.05, 0.1) is 11.1 Å². The fourth-order valence-corrected chi connectivity index (χ4v) is 3.73. The minimum absolute atomic E-state index is 0.0253. The second kappa shape index (κ2) is 10.0. The molecule has 10 heteroatoms. The standard InChI is InChI=1S/C23H33FN8O/c1-6-7-8-18(13(2)25)28-22-17(24)12-16(20(26)33)21(29-22)27-14-9-10-19-15(11-14)23(31(3)4)30-32(19)5/h9-13,18H,6-8,25H2,1-5H3,(H2,26,33)(H2,27,28,29)/t13-,18+/m0/s1. The van der Waals surface area contributed by atoms with E-state index in [1.807, 2.05) is 51.2 Å². The molecule has 0 aliphatic heterocycles. The van der Waals surface area contributed by atoms with Crippen LogP contribution in [0.5, 0.6) is 0 Å². The Kier molecular flexibility index (Phi) is 7.37. The maximum absolute atomic E-state index is 14.8. The number of unbranched alkanes of at least 4 members (excludes halogenated alkanes) is 1. The van der Waals surface area contributed by atoms with Crippen molar-refractivity contribution >= 4 is 40.0 Å². The van der Waals surface area contributed by atoms with Crippen molar-refractivity contribution in [1.82, 2.24) is 14.8 Å². The number of benzene rings is 1. The molecule has 0 saturated heterocycles. The number of carbonyl (C=O) groups excluding carboxylic acids is 1. The van der Waals surface area contributed by atoms with Crippen LogP contribution >= 0.6 is 0 Å². The Morgan fingerprint density at radius 2 is 2.00 bits per heavy atom. The van der Waals surface area contributed by atoms with E-state index >= 15 is 0 Å². The number of carbonyl (C=O) groups is 1. The molecule has 178 valence electrons. The molecular weight excluding hydrogens is 423 g/mol. The van der Waals surface area contributed by atoms with Crippen molar-refractivity contribution in [2.75, 3.05) is 29.6 Å². The van der Waals surface area contributed by atoms with Crippen LogP contribution in [0.25, 0.3) is 10.9 Å². The van der Waals surface area contributed by atoms with Gasteiger partial charge in [0.25, 0.3) is 5.91 Å². The molecule has 33 heavy (non-hydrogen) atoms. The number of fused-ring (bicyclic) bond motifs is 1. The number of hydrogen-bond donors (Lipinski definition) is 4. The lowest BCUT2D eigenvalue weighted by Crippen LogP contribution is -2.38. The van der Waals surface area contributed by atoms with Crippen molar-refractivity contribution in [3.8, 4) is 0 Å². The molecule has 2 aromatic heterocycles. The maximum Gasteiger partial charge on any atom is 0.252 e. The molecule has 3 aromatic rings. The summed E-state index contributed by atoms with van der Waals surface area (Å²) in [6, 6.07) is 6.41. The number of nitrogens with one attached hydrogen (secondary N) is 2. The Hall–Kier alpha value is -3.40. The highest BCUT2D eigenvalue weighted by Crippen LogP contribution is 2.30. The molecule has 9 nitrogen and oxygen atoms in total. The van der Waals surface area contributed by atoms with Crippen LogP contribution in [0.3, 0.4) is 0 Å². The van der Waals surface area contributed by atoms with Crippen molar-refractivity contribution in [2.24, 2.45) is 18.5 Å². The zero-order valence-electron chi connectivity index (χ0n) is 19.8. The molecule has 3 rings (SSSR count). The van der Waals surface area contributed by atoms with Crippen LogP contribution in [0.15, 0.2) is 24.3 Å². The molecule has 0 radical (unpaired) electrons. The summed E-state index contributed by atoms with van der Waals surface area (Å²) >= 11 is 0. The lowest BCUT2D eigenvalue weighted by molar-refractivity contribution is 0.100. The molecule has 0 aliphatic rings. The number of rotatable bonds is 10. The Balaban J connectivity index is 2.00. The number of anilines is 4. The lowest BCUT2D eigenvalue weighted by Gasteiger charge is -2.23. The number of amides is 1. The first-order chi connectivity index (χ1) is 15.6. The van der Waals surface area contributed by atoms with Gasteiger partial charge < -0.3 is 27.0 Å². The Bertz CT molecular complexity index is 1140. The van der Waals surface area contributed by atoms with Crippen molar-refractivity contribution in [2.45, 2.75) is 45.2 Å². The smallest absolute Gasteiger partial charge is 0.252 e. The maximum atomic E-state index is 14.8. The number of pyridine rings is 1. The largest absolute Gasteiger partial charge is 0.365 e. The van der Waals surface area contributed by atoms with E-state index in [1.165, 1.54) is 0 Å². The van der Waals surface area contributed by atoms with Crippen LogP contribution in [-0.2, 0) is 7.05 Å². The highest BCUT2D eigenvalue weighted by atomic mass is 19.1. The molecule has 0 unspecified atom stereocenters. The average Bonchev–Trinajstić information content (AvgIpc) is 3.08. The fraction of sp³-hybridized carbons (Fsp3) is 0.435. The van der Waals surface area contributed by atoms with Gasteiger partial charge in [-0.25, -0.2) is 9.37 Å². The molecule has 0 saturated carbocycles. The quantitative estimate of drug-likeness (QED) is 0.368. The van der Waals surface area contributed by atoms with Crippen molar-refractivity contribution in [3.05, 3.63) is 35.6 Å². The topological polar surface area (TPSA) is 127 Å². The van der Waals surface area contributed by atoms with Gasteiger partial charge in [-0.15, -0.1) is 0 Å². The normalized spacial score (nSPS) is 13.1. The summed E-state index contributed by atoms with van der Waals surface area (Å²) in [6.07, 6.45) is 2.73. The minimum atomic E-state index is -0.776. The van der Waals surface area contributed by atoms with Gasteiger partial charge in [0.1, 0.15) is 5.82 Å². The zero-order chi connectivity index (χ0) is 24.3. The van der Waals surface area contributed by atoms with Gasteiger partial charge >= 0.3 is 0 Å². The summed E-state index contributed by atoms with van der Waals surface area (Å²) < 4.78 is 16.6. The Morgan fingerprint density at radius 3 is 2.61 bits per heavy atom. The van der Waals surface area contributed by atoms with Crippen molar-refractivity contribution in [3.63, 3.8) is 0 Å². The second-order valence-corrected chi connectivity index (χ2v) is 8.53. The van der Waals surface area contributed by atoms with Gasteiger partial charge in [-0.1, -0.05) is 19.8 Å². The Labute approximate surface area is 193 Å². The lowest BCUT2D eigenvalue weighted by atomic mass is 10.0. The zero-order valence-corrected chi connectivity index (χ0v) is 19.8. The van der Waals surface area contributed by atoms with Crippen LogP contribution in [0.2, 0.25) is 0 Å². The number of halogens is 1. The number of aryl methyl sites for hydroxylation is 1. The van der Waals surface area contributed by atoms with Gasteiger partial charge in [0.2, 0.25) is 0 Å². The molecule has 0 spiro atoms. The van der Waals surface area contributed by atoms with Gasteiger partial charge in [-0.05, 0) is 37.6 Å². The third-order valence-electron chi connectivity index (χ3n) is 5.58. The summed E-state index contributed by atoms with van der Waals surface area (Å²) in [7, 11) is 5.71. The average molecular weight is 457 g/mol. The van der Waals surface area contributed by atoms with E-state index < -0.39 is 11.7 Å². The molecule has 1 amide bonds. The van der Waals surface area contributed by atoms with Gasteiger partial charge in [-0.3, -0.25) is 9.48 Å². The summed E-state index contributed by atoms with van der Waals surface area (Å²) in [6.45, 7) is 3.95. The van der Waals surface area contributed by atoms with E-state index in [4.69, 9.17) is 11.5 Å². The molecule has 2 atom stereocenters. The van der Waals surface area contributed by atoms with E-state index in [-0.39, 0.29) is 29.3 Å². The number of nitrogens with two attached hydrogens (primary N) is 2. The predicted molar refractivity (Wildman–Crippen MR) is 132 cm³/mol. The summed E-state index contributed by atoms with van der Waals surface area (Å²) in [5.41, 5.74) is 13.2. The summed E-state index contributed by atoms with van der Waals surface area (Å²) in [5, 5.41) is 11.7. The first-order valence-electron chi connectivity index (χ1n) is 11.1. The third kappa shape index (κ3) is 5.33. The van der Waals surface area contributed by atoms with E-state index in [1.54, 1.807) is 4.68 Å². The van der Waals surface area contributed by atoms with Crippen molar-refractivity contribution < 1.29 is 9.18 Å². The van der Waals surface area contributed by atoms with E-state index in [0.29, 0.717) is 5.69 Å². The van der Waals surface area contributed by atoms with Crippen LogP contribution < -0.4 is 27.0 Å². The van der Waals surface area contributed by atoms with Crippen molar-refractivity contribution in [1.29, 1.82) is 0 Å². The first-order valence-corrected chi connectivity index (χ1v) is 11.1. The van der Waals surface area contributed by atoms with Crippen LogP contribution in [0.4, 0.5) is 27.5 Å². The van der Waals surface area contributed by atoms with E-state index in [0.717, 1.165) is 42.0 Å². The highest BCUT2D eigenvalue weighted by Gasteiger charge is 2.21. The number of hydrogen-bond acceptors (Lipinski definition) is 7. The van der Waals surface area contributed by atoms with Crippen LogP contribution in [0, 0.1) is 5.82 Å². The highest BCUT2D eigenvalue weighted by molar-refractivity contribution is 5.99. The van der Waals surface area contributed by atoms with Gasteiger partial charge in [0, 0.05) is 44.3 Å². The van der Waals surface area contributed by atoms with E-state index in [9.17, 15) is 9.18 Å². The molecule has 0 aliphatic carbocycles. The first kappa shape index (κ1) is 24.2. The van der Waals surface area contributed by atoms with Gasteiger partial charge in [-0.2, -0.15) is 5.10 Å².